The van der Waals surface area contributed by atoms with Gasteiger partial charge in [0.2, 0.25) is 0 Å². The summed E-state index contributed by atoms with van der Waals surface area (Å²) in [5.74, 6) is 5.93. The fraction of sp³-hybridized carbons (Fsp3) is 0.333. The van der Waals surface area contributed by atoms with Crippen LogP contribution in [0.4, 0.5) is 0 Å². The van der Waals surface area contributed by atoms with E-state index in [4.69, 9.17) is 4.74 Å². The number of hydrogen-bond acceptors (Lipinski definition) is 3. The topological polar surface area (TPSA) is 29.5 Å². The molecule has 1 saturated heterocycles. The van der Waals surface area contributed by atoms with Crippen LogP contribution >= 0.6 is 11.3 Å². The van der Waals surface area contributed by atoms with Crippen LogP contribution in [0.5, 0.6) is 0 Å². The first-order valence-electron chi connectivity index (χ1n) is 4.87. The Hall–Kier alpha value is -1.08. The van der Waals surface area contributed by atoms with E-state index >= 15 is 0 Å². The molecule has 1 aliphatic rings. The maximum atomic E-state index is 9.45. The van der Waals surface area contributed by atoms with E-state index in [1.807, 2.05) is 23.6 Å². The molecule has 3 heteroatoms. The highest BCUT2D eigenvalue weighted by Crippen LogP contribution is 2.13. The molecule has 1 aliphatic heterocycles. The summed E-state index contributed by atoms with van der Waals surface area (Å²) in [6, 6.07) is 3.95. The molecule has 0 saturated carbocycles. The van der Waals surface area contributed by atoms with Crippen molar-refractivity contribution in [2.45, 2.75) is 18.6 Å². The van der Waals surface area contributed by atoms with Crippen molar-refractivity contribution < 1.29 is 9.84 Å². The van der Waals surface area contributed by atoms with Gasteiger partial charge < -0.3 is 9.84 Å². The molecular weight excluding hydrogens is 208 g/mol. The maximum Gasteiger partial charge on any atom is 0.102 e. The van der Waals surface area contributed by atoms with Gasteiger partial charge in [-0.2, -0.15) is 0 Å². The van der Waals surface area contributed by atoms with Crippen LogP contribution < -0.4 is 0 Å². The summed E-state index contributed by atoms with van der Waals surface area (Å²) in [7, 11) is 0. The summed E-state index contributed by atoms with van der Waals surface area (Å²) in [5.41, 5.74) is 0. The Labute approximate surface area is 93.2 Å². The summed E-state index contributed by atoms with van der Waals surface area (Å²) in [6.07, 6.45) is 3.73. The molecule has 0 unspecified atom stereocenters. The van der Waals surface area contributed by atoms with Gasteiger partial charge in [0.05, 0.1) is 17.6 Å². The minimum Gasteiger partial charge on any atom is -0.390 e. The highest BCUT2D eigenvalue weighted by atomic mass is 32.1. The molecule has 1 aromatic heterocycles. The lowest BCUT2D eigenvalue weighted by Gasteiger charge is -2.06. The van der Waals surface area contributed by atoms with Crippen molar-refractivity contribution in [2.24, 2.45) is 0 Å². The van der Waals surface area contributed by atoms with Crippen LogP contribution in [-0.2, 0) is 4.74 Å². The van der Waals surface area contributed by atoms with E-state index in [1.165, 1.54) is 0 Å². The second-order valence-corrected chi connectivity index (χ2v) is 4.24. The lowest BCUT2D eigenvalue weighted by atomic mass is 10.2. The van der Waals surface area contributed by atoms with Gasteiger partial charge in [-0.15, -0.1) is 11.3 Å². The molecular formula is C12H12O2S. The van der Waals surface area contributed by atoms with Crippen LogP contribution in [-0.4, -0.2) is 23.9 Å². The number of aliphatic hydroxyl groups excluding tert-OH is 1. The van der Waals surface area contributed by atoms with Crippen LogP contribution in [0.25, 0.3) is 0 Å². The molecule has 0 radical (unpaired) electrons. The van der Waals surface area contributed by atoms with Gasteiger partial charge in [0.1, 0.15) is 6.10 Å². The van der Waals surface area contributed by atoms with Crippen LogP contribution in [0.2, 0.25) is 0 Å². The van der Waals surface area contributed by atoms with Crippen molar-refractivity contribution >= 4 is 11.3 Å². The number of allylic oxidation sites excluding steroid dienone is 1. The number of thiophene rings is 1. The van der Waals surface area contributed by atoms with Gasteiger partial charge in [-0.3, -0.25) is 0 Å². The van der Waals surface area contributed by atoms with Gasteiger partial charge in [0.15, 0.2) is 0 Å². The predicted octanol–water partition coefficient (Wildman–Crippen LogP) is 1.81. The van der Waals surface area contributed by atoms with Crippen LogP contribution in [0, 0.1) is 11.8 Å². The summed E-state index contributed by atoms with van der Waals surface area (Å²) < 4.78 is 5.30. The van der Waals surface area contributed by atoms with E-state index in [2.05, 4.69) is 11.8 Å². The van der Waals surface area contributed by atoms with Gasteiger partial charge in [0.25, 0.3) is 0 Å². The average Bonchev–Trinajstić information content (AvgIpc) is 2.85. The third-order valence-corrected chi connectivity index (χ3v) is 2.97. The van der Waals surface area contributed by atoms with Crippen molar-refractivity contribution in [1.82, 2.24) is 0 Å². The first-order valence-corrected chi connectivity index (χ1v) is 5.75. The number of aliphatic hydroxyl groups is 1. The molecule has 1 fully saturated rings. The van der Waals surface area contributed by atoms with Crippen LogP contribution in [0.1, 0.15) is 11.3 Å². The molecule has 78 valence electrons. The minimum atomic E-state index is -0.371. The van der Waals surface area contributed by atoms with E-state index in [0.717, 1.165) is 4.88 Å². The summed E-state index contributed by atoms with van der Waals surface area (Å²) >= 11 is 1.62. The molecule has 2 nitrogen and oxygen atoms in total. The zero-order chi connectivity index (χ0) is 10.5. The molecule has 1 N–H and O–H groups in total. The molecule has 0 amide bonds. The molecule has 2 rings (SSSR count). The SMILES string of the molecule is O[C@@H]1CCO[C@H]1C=CC#Cc1cccs1. The lowest BCUT2D eigenvalue weighted by molar-refractivity contribution is 0.0749. The fourth-order valence-electron chi connectivity index (χ4n) is 1.39. The highest BCUT2D eigenvalue weighted by molar-refractivity contribution is 7.10. The van der Waals surface area contributed by atoms with Crippen molar-refractivity contribution in [3.05, 3.63) is 34.5 Å². The third-order valence-electron chi connectivity index (χ3n) is 2.19. The van der Waals surface area contributed by atoms with Crippen molar-refractivity contribution in [3.63, 3.8) is 0 Å². The summed E-state index contributed by atoms with van der Waals surface area (Å²) in [6.45, 7) is 0.633. The molecule has 0 aromatic carbocycles. The van der Waals surface area contributed by atoms with Gasteiger partial charge in [-0.1, -0.05) is 17.9 Å². The van der Waals surface area contributed by atoms with Gasteiger partial charge in [-0.25, -0.2) is 0 Å². The van der Waals surface area contributed by atoms with E-state index in [9.17, 15) is 5.11 Å². The molecule has 2 heterocycles. The normalized spacial score (nSPS) is 25.4. The zero-order valence-electron chi connectivity index (χ0n) is 8.22. The Morgan fingerprint density at radius 1 is 1.60 bits per heavy atom. The Balaban J connectivity index is 1.89. The highest BCUT2D eigenvalue weighted by Gasteiger charge is 2.22. The Kier molecular flexibility index (Phi) is 3.57. The third kappa shape index (κ3) is 2.93. The number of hydrogen-bond donors (Lipinski definition) is 1. The minimum absolute atomic E-state index is 0.178. The van der Waals surface area contributed by atoms with Crippen LogP contribution in [0.15, 0.2) is 29.7 Å². The maximum absolute atomic E-state index is 9.45. The monoisotopic (exact) mass is 220 g/mol. The van der Waals surface area contributed by atoms with Crippen molar-refractivity contribution in [2.75, 3.05) is 6.61 Å². The van der Waals surface area contributed by atoms with Crippen LogP contribution in [0.3, 0.4) is 0 Å². The average molecular weight is 220 g/mol. The van der Waals surface area contributed by atoms with E-state index in [1.54, 1.807) is 17.4 Å². The first-order chi connectivity index (χ1) is 7.36. The number of rotatable bonds is 1. The van der Waals surface area contributed by atoms with Gasteiger partial charge in [-0.05, 0) is 30.0 Å². The lowest BCUT2D eigenvalue weighted by Crippen LogP contribution is -2.17. The van der Waals surface area contributed by atoms with Gasteiger partial charge >= 0.3 is 0 Å². The Morgan fingerprint density at radius 2 is 2.53 bits per heavy atom. The molecule has 0 aliphatic carbocycles. The largest absolute Gasteiger partial charge is 0.390 e. The van der Waals surface area contributed by atoms with E-state index in [-0.39, 0.29) is 12.2 Å². The Morgan fingerprint density at radius 3 is 3.20 bits per heavy atom. The van der Waals surface area contributed by atoms with E-state index in [0.29, 0.717) is 13.0 Å². The second-order valence-electron chi connectivity index (χ2n) is 3.30. The molecule has 0 bridgehead atoms. The smallest absolute Gasteiger partial charge is 0.102 e. The number of ether oxygens (including phenoxy) is 1. The molecule has 15 heavy (non-hydrogen) atoms. The predicted molar refractivity (Wildman–Crippen MR) is 60.7 cm³/mol. The summed E-state index contributed by atoms with van der Waals surface area (Å²) in [5, 5.41) is 11.4. The zero-order valence-corrected chi connectivity index (χ0v) is 9.04. The molecule has 0 spiro atoms. The molecule has 1 aromatic rings. The quantitative estimate of drug-likeness (QED) is 0.731. The molecule has 2 atom stereocenters. The van der Waals surface area contributed by atoms with E-state index < -0.39 is 0 Å². The first kappa shape index (κ1) is 10.4. The van der Waals surface area contributed by atoms with Crippen molar-refractivity contribution in [3.8, 4) is 11.8 Å². The standard InChI is InChI=1S/C12H12O2S/c13-11-7-8-14-12(11)6-2-1-4-10-5-3-9-15-10/h2-3,5-6,9,11-13H,7-8H2/t11-,12+/m1/s1. The van der Waals surface area contributed by atoms with Gasteiger partial charge in [0, 0.05) is 0 Å². The summed E-state index contributed by atoms with van der Waals surface area (Å²) in [4.78, 5) is 1.05. The van der Waals surface area contributed by atoms with Crippen molar-refractivity contribution in [1.29, 1.82) is 0 Å². The second kappa shape index (κ2) is 5.13. The fourth-order valence-corrected chi connectivity index (χ4v) is 1.97. The Bertz CT molecular complexity index is 383.